The summed E-state index contributed by atoms with van der Waals surface area (Å²) in [7, 11) is -3.31. The summed E-state index contributed by atoms with van der Waals surface area (Å²) in [5.41, 5.74) is 10.7. The molecule has 0 fully saturated rings. The Labute approximate surface area is 206 Å². The Balaban J connectivity index is 2.18. The van der Waals surface area contributed by atoms with Crippen molar-refractivity contribution in [3.8, 4) is 11.1 Å². The predicted molar refractivity (Wildman–Crippen MR) is 141 cm³/mol. The molecule has 0 spiro atoms. The maximum Gasteiger partial charge on any atom is 0.175 e. The summed E-state index contributed by atoms with van der Waals surface area (Å²) in [6, 6.07) is 18.2. The fourth-order valence-electron chi connectivity index (χ4n) is 3.49. The van der Waals surface area contributed by atoms with Gasteiger partial charge in [0.2, 0.25) is 0 Å². The SMILES string of the molecule is Cc1cc(-c2cccc(S(C)(=O)=O)c2)cc(C)c1N=C(C=C(N)C(C)(C)O)c1ccccc1Cl. The van der Waals surface area contributed by atoms with E-state index in [9.17, 15) is 13.5 Å². The van der Waals surface area contributed by atoms with Gasteiger partial charge in [-0.1, -0.05) is 41.9 Å². The van der Waals surface area contributed by atoms with Gasteiger partial charge in [-0.2, -0.15) is 0 Å². The van der Waals surface area contributed by atoms with Crippen molar-refractivity contribution in [2.75, 3.05) is 6.26 Å². The highest BCUT2D eigenvalue weighted by molar-refractivity contribution is 7.90. The molecule has 7 heteroatoms. The number of allylic oxidation sites excluding steroid dienone is 1. The maximum atomic E-state index is 12.0. The largest absolute Gasteiger partial charge is 0.400 e. The van der Waals surface area contributed by atoms with Crippen LogP contribution in [-0.2, 0) is 9.84 Å². The van der Waals surface area contributed by atoms with Crippen LogP contribution in [0.3, 0.4) is 0 Å². The highest BCUT2D eigenvalue weighted by Crippen LogP contribution is 2.33. The number of nitrogens with two attached hydrogens (primary N) is 1. The van der Waals surface area contributed by atoms with E-state index in [-0.39, 0.29) is 10.6 Å². The molecule has 0 aliphatic rings. The van der Waals surface area contributed by atoms with Crippen LogP contribution in [0.4, 0.5) is 5.69 Å². The minimum absolute atomic E-state index is 0.260. The van der Waals surface area contributed by atoms with Gasteiger partial charge in [0.1, 0.15) is 0 Å². The smallest absolute Gasteiger partial charge is 0.175 e. The Kier molecular flexibility index (Phi) is 7.36. The van der Waals surface area contributed by atoms with Gasteiger partial charge in [0.15, 0.2) is 9.84 Å². The topological polar surface area (TPSA) is 92.8 Å². The Morgan fingerprint density at radius 2 is 1.62 bits per heavy atom. The van der Waals surface area contributed by atoms with Gasteiger partial charge >= 0.3 is 0 Å². The number of aryl methyl sites for hydroxylation is 2. The standard InChI is InChI=1S/C27H29ClN2O3S/c1-17-13-20(19-9-8-10-21(15-19)34(5,32)33)14-18(2)26(17)30-24(16-25(29)27(3,4)31)22-11-6-7-12-23(22)28/h6-16,31H,29H2,1-5H3. The average molecular weight is 497 g/mol. The molecule has 0 bridgehead atoms. The molecule has 0 amide bonds. The molecule has 3 N–H and O–H groups in total. The lowest BCUT2D eigenvalue weighted by atomic mass is 9.98. The molecule has 0 aliphatic heterocycles. The molecular formula is C27H29ClN2O3S. The first-order valence-electron chi connectivity index (χ1n) is 10.7. The molecule has 178 valence electrons. The average Bonchev–Trinajstić information content (AvgIpc) is 2.74. The third kappa shape index (κ3) is 5.95. The van der Waals surface area contributed by atoms with Crippen LogP contribution in [0.1, 0.15) is 30.5 Å². The van der Waals surface area contributed by atoms with Crippen molar-refractivity contribution < 1.29 is 13.5 Å². The van der Waals surface area contributed by atoms with Gasteiger partial charge in [0.05, 0.1) is 21.9 Å². The number of hydrogen-bond acceptors (Lipinski definition) is 5. The van der Waals surface area contributed by atoms with Crippen LogP contribution >= 0.6 is 11.6 Å². The number of nitrogens with zero attached hydrogens (tertiary/aromatic N) is 1. The number of benzene rings is 3. The highest BCUT2D eigenvalue weighted by atomic mass is 35.5. The lowest BCUT2D eigenvalue weighted by molar-refractivity contribution is 0.118. The molecule has 0 unspecified atom stereocenters. The summed E-state index contributed by atoms with van der Waals surface area (Å²) >= 11 is 6.46. The number of sulfone groups is 1. The zero-order valence-electron chi connectivity index (χ0n) is 19.9. The summed E-state index contributed by atoms with van der Waals surface area (Å²) in [5, 5.41) is 10.9. The quantitative estimate of drug-likeness (QED) is 0.424. The predicted octanol–water partition coefficient (Wildman–Crippen LogP) is 5.76. The number of rotatable bonds is 6. The van der Waals surface area contributed by atoms with Gasteiger partial charge in [-0.25, -0.2) is 13.4 Å². The summed E-state index contributed by atoms with van der Waals surface area (Å²) in [6.07, 6.45) is 2.84. The second kappa shape index (κ2) is 9.74. The summed E-state index contributed by atoms with van der Waals surface area (Å²) < 4.78 is 24.0. The molecule has 3 aromatic rings. The fourth-order valence-corrected chi connectivity index (χ4v) is 4.39. The zero-order valence-corrected chi connectivity index (χ0v) is 21.5. The Bertz CT molecular complexity index is 1380. The van der Waals surface area contributed by atoms with Crippen LogP contribution in [-0.4, -0.2) is 31.1 Å². The van der Waals surface area contributed by atoms with E-state index in [1.54, 1.807) is 44.2 Å². The van der Waals surface area contributed by atoms with E-state index in [2.05, 4.69) is 0 Å². The summed E-state index contributed by atoms with van der Waals surface area (Å²) in [5.74, 6) is 0. The molecule has 0 aliphatic carbocycles. The van der Waals surface area contributed by atoms with Crippen LogP contribution in [0.25, 0.3) is 11.1 Å². The molecular weight excluding hydrogens is 468 g/mol. The van der Waals surface area contributed by atoms with Gasteiger partial charge in [-0.3, -0.25) is 0 Å². The van der Waals surface area contributed by atoms with Crippen molar-refractivity contribution in [3.63, 3.8) is 0 Å². The second-order valence-electron chi connectivity index (χ2n) is 8.89. The molecule has 0 atom stereocenters. The van der Waals surface area contributed by atoms with E-state index in [0.717, 1.165) is 27.9 Å². The third-order valence-electron chi connectivity index (χ3n) is 5.47. The Hall–Kier alpha value is -2.93. The van der Waals surface area contributed by atoms with Crippen LogP contribution < -0.4 is 5.73 Å². The minimum atomic E-state index is -3.31. The van der Waals surface area contributed by atoms with Crippen LogP contribution in [0.15, 0.2) is 82.3 Å². The molecule has 0 saturated heterocycles. The van der Waals surface area contributed by atoms with Crippen LogP contribution in [0, 0.1) is 13.8 Å². The lowest BCUT2D eigenvalue weighted by Crippen LogP contribution is -2.28. The maximum absolute atomic E-state index is 12.0. The molecule has 5 nitrogen and oxygen atoms in total. The molecule has 34 heavy (non-hydrogen) atoms. The fraction of sp³-hybridized carbons (Fsp3) is 0.222. The lowest BCUT2D eigenvalue weighted by Gasteiger charge is -2.19. The number of halogens is 1. The van der Waals surface area contributed by atoms with E-state index < -0.39 is 15.4 Å². The second-order valence-corrected chi connectivity index (χ2v) is 11.3. The summed E-state index contributed by atoms with van der Waals surface area (Å²) in [4.78, 5) is 5.18. The molecule has 0 heterocycles. The van der Waals surface area contributed by atoms with Gasteiger partial charge < -0.3 is 10.8 Å². The first-order valence-corrected chi connectivity index (χ1v) is 13.0. The first-order chi connectivity index (χ1) is 15.8. The van der Waals surface area contributed by atoms with E-state index >= 15 is 0 Å². The number of aliphatic hydroxyl groups is 1. The van der Waals surface area contributed by atoms with E-state index in [1.165, 1.54) is 6.26 Å². The Morgan fingerprint density at radius 3 is 2.18 bits per heavy atom. The minimum Gasteiger partial charge on any atom is -0.400 e. The zero-order chi connectivity index (χ0) is 25.3. The molecule has 0 saturated carbocycles. The number of aliphatic imine (C=N–C) groups is 1. The monoisotopic (exact) mass is 496 g/mol. The van der Waals surface area contributed by atoms with Gasteiger partial charge in [0, 0.05) is 22.5 Å². The third-order valence-corrected chi connectivity index (χ3v) is 6.91. The van der Waals surface area contributed by atoms with Crippen molar-refractivity contribution in [2.45, 2.75) is 38.2 Å². The highest BCUT2D eigenvalue weighted by Gasteiger charge is 2.19. The van der Waals surface area contributed by atoms with Crippen molar-refractivity contribution >= 4 is 32.8 Å². The number of hydrogen-bond donors (Lipinski definition) is 2. The van der Waals surface area contributed by atoms with E-state index in [1.807, 2.05) is 50.2 Å². The molecule has 3 rings (SSSR count). The van der Waals surface area contributed by atoms with Gasteiger partial charge in [0.25, 0.3) is 0 Å². The van der Waals surface area contributed by atoms with Gasteiger partial charge in [-0.15, -0.1) is 0 Å². The normalized spacial score (nSPS) is 13.3. The van der Waals surface area contributed by atoms with Crippen molar-refractivity contribution in [2.24, 2.45) is 10.7 Å². The molecule has 0 radical (unpaired) electrons. The van der Waals surface area contributed by atoms with Crippen molar-refractivity contribution in [1.82, 2.24) is 0 Å². The summed E-state index contributed by atoms with van der Waals surface area (Å²) in [6.45, 7) is 7.12. The van der Waals surface area contributed by atoms with Gasteiger partial charge in [-0.05, 0) is 86.4 Å². The van der Waals surface area contributed by atoms with Crippen molar-refractivity contribution in [3.05, 3.63) is 94.1 Å². The van der Waals surface area contributed by atoms with Crippen LogP contribution in [0.2, 0.25) is 5.02 Å². The van der Waals surface area contributed by atoms with E-state index in [0.29, 0.717) is 16.3 Å². The molecule has 0 aromatic heterocycles. The van der Waals surface area contributed by atoms with Crippen molar-refractivity contribution in [1.29, 1.82) is 0 Å². The molecule has 3 aromatic carbocycles. The Morgan fingerprint density at radius 1 is 1.00 bits per heavy atom. The first kappa shape index (κ1) is 25.7. The van der Waals surface area contributed by atoms with E-state index in [4.69, 9.17) is 22.3 Å². The van der Waals surface area contributed by atoms with Crippen LogP contribution in [0.5, 0.6) is 0 Å².